The molecule has 0 aromatic carbocycles. The summed E-state index contributed by atoms with van der Waals surface area (Å²) in [5.74, 6) is 0.134. The zero-order valence-corrected chi connectivity index (χ0v) is 11.9. The lowest BCUT2D eigenvalue weighted by atomic mass is 10.1. The molecule has 1 aromatic heterocycles. The molecule has 4 heteroatoms. The topological polar surface area (TPSA) is 41.1 Å². The third kappa shape index (κ3) is 3.82. The van der Waals surface area contributed by atoms with Gasteiger partial charge in [0.1, 0.15) is 0 Å². The van der Waals surface area contributed by atoms with Crippen LogP contribution in [0.1, 0.15) is 50.4 Å². The first-order chi connectivity index (χ1) is 8.70. The Hall–Kier alpha value is -0.870. The SMILES string of the molecule is CCCC(NC(C)C(=O)NC1CC1)c1cccs1. The minimum atomic E-state index is -0.121. The van der Waals surface area contributed by atoms with E-state index in [1.54, 1.807) is 11.3 Å². The van der Waals surface area contributed by atoms with Gasteiger partial charge in [-0.05, 0) is 37.6 Å². The molecule has 1 aromatic rings. The van der Waals surface area contributed by atoms with Gasteiger partial charge < -0.3 is 5.32 Å². The van der Waals surface area contributed by atoms with Crippen LogP contribution in [0.25, 0.3) is 0 Å². The zero-order valence-electron chi connectivity index (χ0n) is 11.1. The number of nitrogens with one attached hydrogen (secondary N) is 2. The molecule has 18 heavy (non-hydrogen) atoms. The smallest absolute Gasteiger partial charge is 0.237 e. The Bertz CT molecular complexity index is 373. The van der Waals surface area contributed by atoms with Crippen molar-refractivity contribution in [3.63, 3.8) is 0 Å². The molecule has 1 saturated carbocycles. The molecular weight excluding hydrogens is 244 g/mol. The Morgan fingerprint density at radius 3 is 2.89 bits per heavy atom. The highest BCUT2D eigenvalue weighted by Crippen LogP contribution is 2.24. The second-order valence-electron chi connectivity index (χ2n) is 5.03. The second-order valence-corrected chi connectivity index (χ2v) is 6.01. The van der Waals surface area contributed by atoms with E-state index in [0.29, 0.717) is 12.1 Å². The number of hydrogen-bond donors (Lipinski definition) is 2. The first-order valence-corrected chi connectivity index (χ1v) is 7.68. The van der Waals surface area contributed by atoms with Crippen LogP contribution in [-0.4, -0.2) is 18.0 Å². The van der Waals surface area contributed by atoms with E-state index in [-0.39, 0.29) is 11.9 Å². The van der Waals surface area contributed by atoms with Crippen LogP contribution in [0, 0.1) is 0 Å². The summed E-state index contributed by atoms with van der Waals surface area (Å²) >= 11 is 1.76. The highest BCUT2D eigenvalue weighted by atomic mass is 32.1. The van der Waals surface area contributed by atoms with E-state index in [1.807, 2.05) is 6.92 Å². The monoisotopic (exact) mass is 266 g/mol. The average molecular weight is 266 g/mol. The lowest BCUT2D eigenvalue weighted by molar-refractivity contribution is -0.123. The van der Waals surface area contributed by atoms with Gasteiger partial charge in [-0.1, -0.05) is 19.4 Å². The van der Waals surface area contributed by atoms with E-state index in [9.17, 15) is 4.79 Å². The van der Waals surface area contributed by atoms with Gasteiger partial charge in [-0.3, -0.25) is 10.1 Å². The van der Waals surface area contributed by atoms with Gasteiger partial charge in [-0.15, -0.1) is 11.3 Å². The molecule has 0 radical (unpaired) electrons. The summed E-state index contributed by atoms with van der Waals surface area (Å²) in [6.07, 6.45) is 4.47. The van der Waals surface area contributed by atoms with Gasteiger partial charge >= 0.3 is 0 Å². The van der Waals surface area contributed by atoms with Crippen molar-refractivity contribution in [3.05, 3.63) is 22.4 Å². The minimum absolute atomic E-state index is 0.121. The minimum Gasteiger partial charge on any atom is -0.352 e. The van der Waals surface area contributed by atoms with Crippen LogP contribution >= 0.6 is 11.3 Å². The Kier molecular flexibility index (Phi) is 4.78. The number of carbonyl (C=O) groups excluding carboxylic acids is 1. The van der Waals surface area contributed by atoms with Crippen LogP contribution in [0.4, 0.5) is 0 Å². The Morgan fingerprint density at radius 1 is 1.56 bits per heavy atom. The van der Waals surface area contributed by atoms with Crippen LogP contribution in [-0.2, 0) is 4.79 Å². The summed E-state index contributed by atoms with van der Waals surface area (Å²) in [7, 11) is 0. The van der Waals surface area contributed by atoms with Gasteiger partial charge in [0.15, 0.2) is 0 Å². The highest BCUT2D eigenvalue weighted by Gasteiger charge is 2.26. The highest BCUT2D eigenvalue weighted by molar-refractivity contribution is 7.10. The fraction of sp³-hybridized carbons (Fsp3) is 0.643. The van der Waals surface area contributed by atoms with Crippen LogP contribution in [0.2, 0.25) is 0 Å². The fourth-order valence-corrected chi connectivity index (χ4v) is 2.84. The van der Waals surface area contributed by atoms with Crippen molar-refractivity contribution >= 4 is 17.2 Å². The van der Waals surface area contributed by atoms with Crippen molar-refractivity contribution < 1.29 is 4.79 Å². The summed E-state index contributed by atoms with van der Waals surface area (Å²) < 4.78 is 0. The lowest BCUT2D eigenvalue weighted by Gasteiger charge is -2.21. The first kappa shape index (κ1) is 13.6. The van der Waals surface area contributed by atoms with Crippen molar-refractivity contribution in [2.75, 3.05) is 0 Å². The number of carbonyl (C=O) groups is 1. The fourth-order valence-electron chi connectivity index (χ4n) is 2.02. The quantitative estimate of drug-likeness (QED) is 0.797. The van der Waals surface area contributed by atoms with Gasteiger partial charge in [0.05, 0.1) is 6.04 Å². The van der Waals surface area contributed by atoms with E-state index >= 15 is 0 Å². The molecular formula is C14H22N2OS. The summed E-state index contributed by atoms with van der Waals surface area (Å²) in [4.78, 5) is 13.3. The van der Waals surface area contributed by atoms with Gasteiger partial charge in [-0.2, -0.15) is 0 Å². The van der Waals surface area contributed by atoms with Gasteiger partial charge in [0.25, 0.3) is 0 Å². The normalized spacial score (nSPS) is 18.3. The molecule has 3 nitrogen and oxygen atoms in total. The molecule has 1 heterocycles. The maximum atomic E-state index is 11.9. The summed E-state index contributed by atoms with van der Waals surface area (Å²) in [5.41, 5.74) is 0. The van der Waals surface area contributed by atoms with E-state index < -0.39 is 0 Å². The molecule has 0 bridgehead atoms. The molecule has 1 aliphatic rings. The zero-order chi connectivity index (χ0) is 13.0. The molecule has 1 amide bonds. The standard InChI is InChI=1S/C14H22N2OS/c1-3-5-12(13-6-4-9-18-13)15-10(2)14(17)16-11-7-8-11/h4,6,9-12,15H,3,5,7-8H2,1-2H3,(H,16,17). The molecule has 2 rings (SSSR count). The molecule has 1 fully saturated rings. The van der Waals surface area contributed by atoms with Crippen LogP contribution in [0.3, 0.4) is 0 Å². The van der Waals surface area contributed by atoms with E-state index in [0.717, 1.165) is 25.7 Å². The third-order valence-corrected chi connectivity index (χ3v) is 4.22. The first-order valence-electron chi connectivity index (χ1n) is 6.80. The van der Waals surface area contributed by atoms with Gasteiger partial charge in [0.2, 0.25) is 5.91 Å². The summed E-state index contributed by atoms with van der Waals surface area (Å²) in [5, 5.41) is 8.59. The van der Waals surface area contributed by atoms with Crippen molar-refractivity contribution in [2.45, 2.75) is 57.7 Å². The Labute approximate surface area is 113 Å². The Morgan fingerprint density at radius 2 is 2.33 bits per heavy atom. The van der Waals surface area contributed by atoms with Crippen LogP contribution < -0.4 is 10.6 Å². The van der Waals surface area contributed by atoms with Crippen molar-refractivity contribution in [3.8, 4) is 0 Å². The molecule has 1 aliphatic carbocycles. The van der Waals surface area contributed by atoms with Crippen molar-refractivity contribution in [2.24, 2.45) is 0 Å². The predicted molar refractivity (Wildman–Crippen MR) is 75.7 cm³/mol. The molecule has 100 valence electrons. The van der Waals surface area contributed by atoms with Crippen molar-refractivity contribution in [1.29, 1.82) is 0 Å². The maximum absolute atomic E-state index is 11.9. The third-order valence-electron chi connectivity index (χ3n) is 3.23. The van der Waals surface area contributed by atoms with Crippen LogP contribution in [0.5, 0.6) is 0 Å². The van der Waals surface area contributed by atoms with Crippen LogP contribution in [0.15, 0.2) is 17.5 Å². The van der Waals surface area contributed by atoms with E-state index in [4.69, 9.17) is 0 Å². The predicted octanol–water partition coefficient (Wildman–Crippen LogP) is 2.85. The molecule has 0 spiro atoms. The molecule has 0 aliphatic heterocycles. The number of thiophene rings is 1. The molecule has 2 N–H and O–H groups in total. The van der Waals surface area contributed by atoms with Gasteiger partial charge in [-0.25, -0.2) is 0 Å². The van der Waals surface area contributed by atoms with Gasteiger partial charge in [0, 0.05) is 17.0 Å². The average Bonchev–Trinajstić information content (AvgIpc) is 2.99. The van der Waals surface area contributed by atoms with E-state index in [2.05, 4.69) is 35.1 Å². The summed E-state index contributed by atoms with van der Waals surface area (Å²) in [6, 6.07) is 4.83. The second kappa shape index (κ2) is 6.34. The molecule has 2 atom stereocenters. The summed E-state index contributed by atoms with van der Waals surface area (Å²) in [6.45, 7) is 4.13. The Balaban J connectivity index is 1.88. The number of amides is 1. The number of rotatable bonds is 7. The number of hydrogen-bond acceptors (Lipinski definition) is 3. The molecule has 2 unspecified atom stereocenters. The van der Waals surface area contributed by atoms with Crippen molar-refractivity contribution in [1.82, 2.24) is 10.6 Å². The lowest BCUT2D eigenvalue weighted by Crippen LogP contribution is -2.44. The largest absolute Gasteiger partial charge is 0.352 e. The molecule has 0 saturated heterocycles. The maximum Gasteiger partial charge on any atom is 0.237 e. The van der Waals surface area contributed by atoms with E-state index in [1.165, 1.54) is 4.88 Å².